The number of carbonyl (C=O) groups is 3. The first-order valence-corrected chi connectivity index (χ1v) is 11.8. The van der Waals surface area contributed by atoms with Crippen LogP contribution in [0.2, 0.25) is 0 Å². The summed E-state index contributed by atoms with van der Waals surface area (Å²) in [6, 6.07) is 8.02. The Morgan fingerprint density at radius 3 is 2.50 bits per heavy atom. The Kier molecular flexibility index (Phi) is 9.15. The first-order valence-electron chi connectivity index (χ1n) is 11.8. The second kappa shape index (κ2) is 12.1. The average Bonchev–Trinajstić information content (AvgIpc) is 3.21. The molecule has 2 atom stereocenters. The van der Waals surface area contributed by atoms with Gasteiger partial charge < -0.3 is 30.3 Å². The van der Waals surface area contributed by atoms with Crippen LogP contribution in [-0.4, -0.2) is 64.9 Å². The van der Waals surface area contributed by atoms with Crippen molar-refractivity contribution in [3.8, 4) is 0 Å². The highest BCUT2D eigenvalue weighted by Gasteiger charge is 2.46. The number of nitrogens with one attached hydrogen (secondary N) is 3. The lowest BCUT2D eigenvalue weighted by atomic mass is 10.2. The Morgan fingerprint density at radius 2 is 1.87 bits per heavy atom. The molecule has 10 nitrogen and oxygen atoms in total. The summed E-state index contributed by atoms with van der Waals surface area (Å²) in [5, 5.41) is 6.95. The first kappa shape index (κ1) is 28.7. The van der Waals surface area contributed by atoms with Gasteiger partial charge in [0.25, 0.3) is 5.91 Å². The number of hydrogen-bond donors (Lipinski definition) is 3. The van der Waals surface area contributed by atoms with Crippen molar-refractivity contribution in [3.05, 3.63) is 59.8 Å². The maximum atomic E-state index is 13.0. The standard InChI is InChI=1S/C25H30F3N5O5/c1-24(2,3)38-15-18(30-23(36)37-14-16-7-5-4-6-8-16)21(34)32-20-11-17(9-10-29-20)12-33-13-19(25(26,27)28)31-22(33)35/h4-11,18-19H,12-15H2,1-3H3,(H,30,36)(H,31,35)(H,29,32,34)/t18-,19+/m1/s1. The Labute approximate surface area is 217 Å². The molecule has 13 heteroatoms. The Hall–Kier alpha value is -3.87. The van der Waals surface area contributed by atoms with Crippen molar-refractivity contribution < 1.29 is 37.0 Å². The van der Waals surface area contributed by atoms with Crippen LogP contribution in [0.25, 0.3) is 0 Å². The minimum atomic E-state index is -4.55. The quantitative estimate of drug-likeness (QED) is 0.450. The van der Waals surface area contributed by atoms with E-state index < -0.39 is 48.4 Å². The Morgan fingerprint density at radius 1 is 1.16 bits per heavy atom. The van der Waals surface area contributed by atoms with E-state index in [4.69, 9.17) is 9.47 Å². The number of aromatic nitrogens is 1. The lowest BCUT2D eigenvalue weighted by Gasteiger charge is -2.24. The SMILES string of the molecule is CC(C)(C)OC[C@@H](NC(=O)OCc1ccccc1)C(=O)Nc1cc(CN2C[C@@H](C(F)(F)F)NC2=O)ccn1. The van der Waals surface area contributed by atoms with Gasteiger partial charge in [-0.25, -0.2) is 14.6 Å². The molecule has 1 aliphatic heterocycles. The molecule has 4 amide bonds. The maximum Gasteiger partial charge on any atom is 0.410 e. The minimum absolute atomic E-state index is 0.00398. The molecule has 0 spiro atoms. The molecule has 0 bridgehead atoms. The summed E-state index contributed by atoms with van der Waals surface area (Å²) in [4.78, 5) is 42.4. The van der Waals surface area contributed by atoms with Crippen LogP contribution in [0.1, 0.15) is 31.9 Å². The predicted octanol–water partition coefficient (Wildman–Crippen LogP) is 3.59. The monoisotopic (exact) mass is 537 g/mol. The van der Waals surface area contributed by atoms with Gasteiger partial charge in [-0.1, -0.05) is 30.3 Å². The minimum Gasteiger partial charge on any atom is -0.445 e. The highest BCUT2D eigenvalue weighted by Crippen LogP contribution is 2.25. The molecule has 1 aliphatic rings. The molecule has 3 N–H and O–H groups in total. The number of rotatable bonds is 9. The van der Waals surface area contributed by atoms with E-state index in [-0.39, 0.29) is 25.6 Å². The molecule has 206 valence electrons. The van der Waals surface area contributed by atoms with Crippen molar-refractivity contribution in [2.45, 2.75) is 57.8 Å². The molecule has 0 aliphatic carbocycles. The van der Waals surface area contributed by atoms with Gasteiger partial charge in [0, 0.05) is 12.7 Å². The van der Waals surface area contributed by atoms with Crippen LogP contribution >= 0.6 is 0 Å². The lowest BCUT2D eigenvalue weighted by molar-refractivity contribution is -0.149. The summed E-state index contributed by atoms with van der Waals surface area (Å²) in [5.74, 6) is -0.564. The summed E-state index contributed by atoms with van der Waals surface area (Å²) in [7, 11) is 0. The lowest BCUT2D eigenvalue weighted by Crippen LogP contribution is -2.48. The van der Waals surface area contributed by atoms with Crippen molar-refractivity contribution in [3.63, 3.8) is 0 Å². The summed E-state index contributed by atoms with van der Waals surface area (Å²) >= 11 is 0. The number of halogens is 3. The molecule has 38 heavy (non-hydrogen) atoms. The number of pyridine rings is 1. The van der Waals surface area contributed by atoms with Crippen LogP contribution in [-0.2, 0) is 27.4 Å². The van der Waals surface area contributed by atoms with Crippen molar-refractivity contribution >= 4 is 23.8 Å². The van der Waals surface area contributed by atoms with Crippen LogP contribution in [0.5, 0.6) is 0 Å². The van der Waals surface area contributed by atoms with Crippen LogP contribution in [0.4, 0.5) is 28.6 Å². The molecule has 0 saturated carbocycles. The first-order chi connectivity index (χ1) is 17.8. The van der Waals surface area contributed by atoms with E-state index in [2.05, 4.69) is 15.6 Å². The number of carbonyl (C=O) groups excluding carboxylic acids is 3. The maximum absolute atomic E-state index is 13.0. The smallest absolute Gasteiger partial charge is 0.410 e. The largest absolute Gasteiger partial charge is 0.445 e. The third-order valence-electron chi connectivity index (χ3n) is 5.34. The fraction of sp³-hybridized carbons (Fsp3) is 0.440. The van der Waals surface area contributed by atoms with Crippen LogP contribution in [0, 0.1) is 0 Å². The number of anilines is 1. The molecule has 1 aromatic carbocycles. The highest BCUT2D eigenvalue weighted by atomic mass is 19.4. The summed E-state index contributed by atoms with van der Waals surface area (Å²) in [6.07, 6.45) is -4.03. The van der Waals surface area contributed by atoms with Crippen molar-refractivity contribution in [1.29, 1.82) is 0 Å². The van der Waals surface area contributed by atoms with Gasteiger partial charge in [-0.3, -0.25) is 4.79 Å². The molecule has 2 aromatic rings. The van der Waals surface area contributed by atoms with E-state index in [1.165, 1.54) is 18.3 Å². The molecule has 1 fully saturated rings. The number of alkyl carbamates (subject to hydrolysis) is 1. The van der Waals surface area contributed by atoms with E-state index in [9.17, 15) is 27.6 Å². The summed E-state index contributed by atoms with van der Waals surface area (Å²) < 4.78 is 49.7. The number of alkyl halides is 3. The van der Waals surface area contributed by atoms with Gasteiger partial charge in [0.2, 0.25) is 0 Å². The number of amides is 4. The second-order valence-electron chi connectivity index (χ2n) is 9.64. The molecule has 1 aromatic heterocycles. The fourth-order valence-electron chi connectivity index (χ4n) is 3.41. The Bertz CT molecular complexity index is 1120. The normalized spacial score (nSPS) is 16.5. The van der Waals surface area contributed by atoms with E-state index in [1.54, 1.807) is 45.0 Å². The van der Waals surface area contributed by atoms with E-state index in [1.807, 2.05) is 11.4 Å². The zero-order valence-corrected chi connectivity index (χ0v) is 21.2. The molecule has 0 unspecified atom stereocenters. The molecule has 3 rings (SSSR count). The number of benzene rings is 1. The molecule has 2 heterocycles. The number of urea groups is 1. The molecular formula is C25H30F3N5O5. The van der Waals surface area contributed by atoms with Crippen LogP contribution in [0.15, 0.2) is 48.7 Å². The van der Waals surface area contributed by atoms with Crippen molar-refractivity contribution in [2.75, 3.05) is 18.5 Å². The van der Waals surface area contributed by atoms with Gasteiger partial charge in [-0.15, -0.1) is 0 Å². The van der Waals surface area contributed by atoms with Gasteiger partial charge in [0.1, 0.15) is 24.5 Å². The van der Waals surface area contributed by atoms with E-state index in [0.29, 0.717) is 5.56 Å². The van der Waals surface area contributed by atoms with Gasteiger partial charge in [0.15, 0.2) is 0 Å². The molecule has 1 saturated heterocycles. The summed E-state index contributed by atoms with van der Waals surface area (Å²) in [5.41, 5.74) is 0.617. The van der Waals surface area contributed by atoms with Gasteiger partial charge in [-0.05, 0) is 44.0 Å². The highest BCUT2D eigenvalue weighted by molar-refractivity contribution is 5.96. The molecule has 0 radical (unpaired) electrons. The van der Waals surface area contributed by atoms with Crippen LogP contribution < -0.4 is 16.0 Å². The number of ether oxygens (including phenoxy) is 2. The third-order valence-corrected chi connectivity index (χ3v) is 5.34. The van der Waals surface area contributed by atoms with Gasteiger partial charge in [-0.2, -0.15) is 13.2 Å². The topological polar surface area (TPSA) is 122 Å². The Balaban J connectivity index is 1.63. The van der Waals surface area contributed by atoms with Crippen LogP contribution in [0.3, 0.4) is 0 Å². The van der Waals surface area contributed by atoms with Crippen molar-refractivity contribution in [1.82, 2.24) is 20.5 Å². The van der Waals surface area contributed by atoms with Gasteiger partial charge in [0.05, 0.1) is 18.8 Å². The zero-order chi connectivity index (χ0) is 27.9. The zero-order valence-electron chi connectivity index (χ0n) is 21.2. The fourth-order valence-corrected chi connectivity index (χ4v) is 3.41. The van der Waals surface area contributed by atoms with Crippen molar-refractivity contribution in [2.24, 2.45) is 0 Å². The van der Waals surface area contributed by atoms with E-state index >= 15 is 0 Å². The predicted molar refractivity (Wildman–Crippen MR) is 131 cm³/mol. The van der Waals surface area contributed by atoms with Gasteiger partial charge >= 0.3 is 18.3 Å². The number of hydrogen-bond acceptors (Lipinski definition) is 6. The number of nitrogens with zero attached hydrogens (tertiary/aromatic N) is 2. The second-order valence-corrected chi connectivity index (χ2v) is 9.64. The molecular weight excluding hydrogens is 507 g/mol. The third kappa shape index (κ3) is 8.91. The average molecular weight is 538 g/mol. The summed E-state index contributed by atoms with van der Waals surface area (Å²) in [6.45, 7) is 4.56. The van der Waals surface area contributed by atoms with E-state index in [0.717, 1.165) is 10.5 Å².